The van der Waals surface area contributed by atoms with Crippen molar-refractivity contribution < 1.29 is 14.3 Å². The van der Waals surface area contributed by atoms with E-state index in [1.54, 1.807) is 16.9 Å². The number of carbonyl (C=O) groups is 2. The Morgan fingerprint density at radius 3 is 2.84 bits per heavy atom. The molecule has 2 aliphatic rings. The van der Waals surface area contributed by atoms with Gasteiger partial charge in [0.25, 0.3) is 0 Å². The summed E-state index contributed by atoms with van der Waals surface area (Å²) < 4.78 is 6.87. The molecule has 8 nitrogen and oxygen atoms in total. The predicted molar refractivity (Wildman–Crippen MR) is 92.1 cm³/mol. The minimum absolute atomic E-state index is 0.00304. The molecular formula is C17H27N5O3. The van der Waals surface area contributed by atoms with E-state index in [0.29, 0.717) is 32.8 Å². The Bertz CT molecular complexity index is 644. The second-order valence-corrected chi connectivity index (χ2v) is 6.81. The van der Waals surface area contributed by atoms with Gasteiger partial charge in [0.05, 0.1) is 25.3 Å². The van der Waals surface area contributed by atoms with Crippen LogP contribution in [0.5, 0.6) is 0 Å². The summed E-state index contributed by atoms with van der Waals surface area (Å²) in [6.45, 7) is 5.88. The molecule has 0 aromatic carbocycles. The molecule has 3 heterocycles. The highest BCUT2D eigenvalue weighted by atomic mass is 16.5. The molecule has 0 unspecified atom stereocenters. The van der Waals surface area contributed by atoms with Gasteiger partial charge in [-0.25, -0.2) is 0 Å². The van der Waals surface area contributed by atoms with Gasteiger partial charge in [0.2, 0.25) is 11.8 Å². The maximum absolute atomic E-state index is 13.0. The number of hydrogen-bond acceptors (Lipinski definition) is 5. The number of nitrogens with zero attached hydrogens (tertiary/aromatic N) is 4. The van der Waals surface area contributed by atoms with Crippen LogP contribution in [0.3, 0.4) is 0 Å². The second-order valence-electron chi connectivity index (χ2n) is 6.81. The van der Waals surface area contributed by atoms with Crippen LogP contribution < -0.4 is 5.32 Å². The summed E-state index contributed by atoms with van der Waals surface area (Å²) in [6.07, 6.45) is 1.86. The van der Waals surface area contributed by atoms with E-state index in [4.69, 9.17) is 4.74 Å². The van der Waals surface area contributed by atoms with E-state index in [2.05, 4.69) is 10.4 Å². The van der Waals surface area contributed by atoms with E-state index < -0.39 is 0 Å². The van der Waals surface area contributed by atoms with Crippen LogP contribution in [0.2, 0.25) is 0 Å². The van der Waals surface area contributed by atoms with Crippen molar-refractivity contribution in [3.8, 4) is 0 Å². The van der Waals surface area contributed by atoms with Crippen molar-refractivity contribution in [2.75, 3.05) is 53.0 Å². The number of rotatable bonds is 5. The van der Waals surface area contributed by atoms with Gasteiger partial charge in [0, 0.05) is 58.5 Å². The standard InChI is InChI=1S/C17H27N5O3/c1-12-13(10-19-20(12)2)14-8-18-9-15(14)17(24)22-5-4-21(6-7-25-3)16(23)11-22/h10,14-15,18H,4-9,11H2,1-3H3/t14-,15+/m1/s1. The Kier molecular flexibility index (Phi) is 5.39. The molecule has 2 atom stereocenters. The Morgan fingerprint density at radius 2 is 2.20 bits per heavy atom. The fraction of sp³-hybridized carbons (Fsp3) is 0.706. The molecule has 1 aromatic heterocycles. The van der Waals surface area contributed by atoms with Crippen LogP contribution in [0.4, 0.5) is 0 Å². The van der Waals surface area contributed by atoms with Crippen LogP contribution in [0.15, 0.2) is 6.20 Å². The number of aryl methyl sites for hydroxylation is 1. The molecule has 8 heteroatoms. The van der Waals surface area contributed by atoms with Gasteiger partial charge in [-0.1, -0.05) is 0 Å². The number of ether oxygens (including phenoxy) is 1. The monoisotopic (exact) mass is 349 g/mol. The zero-order valence-corrected chi connectivity index (χ0v) is 15.2. The predicted octanol–water partition coefficient (Wildman–Crippen LogP) is -0.651. The van der Waals surface area contributed by atoms with E-state index in [1.165, 1.54) is 0 Å². The van der Waals surface area contributed by atoms with Crippen molar-refractivity contribution in [1.82, 2.24) is 24.9 Å². The third-order valence-corrected chi connectivity index (χ3v) is 5.40. The summed E-state index contributed by atoms with van der Waals surface area (Å²) in [4.78, 5) is 28.8. The first-order valence-electron chi connectivity index (χ1n) is 8.77. The first kappa shape index (κ1) is 17.9. The Labute approximate surface area is 148 Å². The highest BCUT2D eigenvalue weighted by Crippen LogP contribution is 2.31. The molecule has 25 heavy (non-hydrogen) atoms. The van der Waals surface area contributed by atoms with E-state index >= 15 is 0 Å². The average Bonchev–Trinajstić information content (AvgIpc) is 3.20. The van der Waals surface area contributed by atoms with E-state index in [9.17, 15) is 9.59 Å². The van der Waals surface area contributed by atoms with Gasteiger partial charge in [-0.2, -0.15) is 5.10 Å². The molecule has 0 bridgehead atoms. The van der Waals surface area contributed by atoms with Crippen molar-refractivity contribution in [2.45, 2.75) is 12.8 Å². The second kappa shape index (κ2) is 7.53. The van der Waals surface area contributed by atoms with Crippen molar-refractivity contribution >= 4 is 11.8 Å². The van der Waals surface area contributed by atoms with Gasteiger partial charge in [0.15, 0.2) is 0 Å². The molecule has 2 amide bonds. The summed E-state index contributed by atoms with van der Waals surface area (Å²) in [5.41, 5.74) is 2.21. The number of aromatic nitrogens is 2. The SMILES string of the molecule is COCCN1CCN(C(=O)[C@H]2CNC[C@@H]2c2cnn(C)c2C)CC1=O. The number of amides is 2. The van der Waals surface area contributed by atoms with Gasteiger partial charge in [0.1, 0.15) is 0 Å². The quantitative estimate of drug-likeness (QED) is 0.764. The largest absolute Gasteiger partial charge is 0.383 e. The number of piperazine rings is 1. The molecule has 0 aliphatic carbocycles. The summed E-state index contributed by atoms with van der Waals surface area (Å²) in [7, 11) is 3.54. The van der Waals surface area contributed by atoms with E-state index in [0.717, 1.165) is 17.8 Å². The van der Waals surface area contributed by atoms with E-state index in [-0.39, 0.29) is 30.2 Å². The molecular weight excluding hydrogens is 322 g/mol. The van der Waals surface area contributed by atoms with E-state index in [1.807, 2.05) is 24.9 Å². The maximum Gasteiger partial charge on any atom is 0.242 e. The minimum atomic E-state index is -0.138. The first-order chi connectivity index (χ1) is 12.0. The molecule has 0 radical (unpaired) electrons. The highest BCUT2D eigenvalue weighted by molar-refractivity contribution is 5.88. The van der Waals surface area contributed by atoms with Crippen LogP contribution in [0, 0.1) is 12.8 Å². The number of nitrogens with one attached hydrogen (secondary N) is 1. The van der Waals surface area contributed by atoms with Gasteiger partial charge in [-0.15, -0.1) is 0 Å². The topological polar surface area (TPSA) is 79.7 Å². The Hall–Kier alpha value is -1.93. The van der Waals surface area contributed by atoms with Gasteiger partial charge >= 0.3 is 0 Å². The Balaban J connectivity index is 1.66. The van der Waals surface area contributed by atoms with Crippen molar-refractivity contribution in [3.63, 3.8) is 0 Å². The van der Waals surface area contributed by atoms with Crippen LogP contribution >= 0.6 is 0 Å². The molecule has 0 spiro atoms. The molecule has 138 valence electrons. The van der Waals surface area contributed by atoms with Crippen molar-refractivity contribution in [3.05, 3.63) is 17.5 Å². The zero-order chi connectivity index (χ0) is 18.0. The van der Waals surface area contributed by atoms with Crippen LogP contribution in [-0.2, 0) is 21.4 Å². The summed E-state index contributed by atoms with van der Waals surface area (Å²) in [6, 6.07) is 0. The van der Waals surface area contributed by atoms with Gasteiger partial charge in [-0.3, -0.25) is 14.3 Å². The summed E-state index contributed by atoms with van der Waals surface area (Å²) in [5.74, 6) is 0.0405. The lowest BCUT2D eigenvalue weighted by atomic mass is 9.88. The third kappa shape index (κ3) is 3.55. The average molecular weight is 349 g/mol. The molecule has 0 saturated carbocycles. The van der Waals surface area contributed by atoms with Gasteiger partial charge < -0.3 is 19.9 Å². The van der Waals surface area contributed by atoms with Crippen LogP contribution in [0.25, 0.3) is 0 Å². The van der Waals surface area contributed by atoms with Crippen molar-refractivity contribution in [2.24, 2.45) is 13.0 Å². The lowest BCUT2D eigenvalue weighted by molar-refractivity contribution is -0.147. The Morgan fingerprint density at radius 1 is 1.40 bits per heavy atom. The number of carbonyl (C=O) groups excluding carboxylic acids is 2. The minimum Gasteiger partial charge on any atom is -0.383 e. The highest BCUT2D eigenvalue weighted by Gasteiger charge is 2.39. The fourth-order valence-electron chi connectivity index (χ4n) is 3.71. The molecule has 1 aromatic rings. The lowest BCUT2D eigenvalue weighted by Gasteiger charge is -2.36. The number of hydrogen-bond donors (Lipinski definition) is 1. The zero-order valence-electron chi connectivity index (χ0n) is 15.2. The smallest absolute Gasteiger partial charge is 0.242 e. The molecule has 3 rings (SSSR count). The van der Waals surface area contributed by atoms with Crippen LogP contribution in [0.1, 0.15) is 17.2 Å². The van der Waals surface area contributed by atoms with Crippen LogP contribution in [-0.4, -0.2) is 84.4 Å². The molecule has 1 N–H and O–H groups in total. The molecule has 2 aliphatic heterocycles. The van der Waals surface area contributed by atoms with Crippen molar-refractivity contribution in [1.29, 1.82) is 0 Å². The summed E-state index contributed by atoms with van der Waals surface area (Å²) >= 11 is 0. The normalized spacial score (nSPS) is 24.2. The first-order valence-corrected chi connectivity index (χ1v) is 8.77. The summed E-state index contributed by atoms with van der Waals surface area (Å²) in [5, 5.41) is 7.64. The van der Waals surface area contributed by atoms with Gasteiger partial charge in [-0.05, 0) is 12.5 Å². The lowest BCUT2D eigenvalue weighted by Crippen LogP contribution is -2.54. The molecule has 2 saturated heterocycles. The number of methoxy groups -OCH3 is 1. The third-order valence-electron chi connectivity index (χ3n) is 5.40. The molecule has 2 fully saturated rings. The maximum atomic E-state index is 13.0. The fourth-order valence-corrected chi connectivity index (χ4v) is 3.71.